The van der Waals surface area contributed by atoms with E-state index in [2.05, 4.69) is 12.1 Å². The quantitative estimate of drug-likeness (QED) is 0.234. The molecule has 2 aromatic heterocycles. The summed E-state index contributed by atoms with van der Waals surface area (Å²) in [4.78, 5) is 0. The fraction of sp³-hybridized carbons (Fsp3) is 0. The highest BCUT2D eigenvalue weighted by Crippen LogP contribution is 2.43. The van der Waals surface area contributed by atoms with Crippen LogP contribution >= 0.6 is 0 Å². The second-order valence-corrected chi connectivity index (χ2v) is 9.41. The van der Waals surface area contributed by atoms with Crippen molar-refractivity contribution < 1.29 is 8.78 Å². The molecule has 7 aromatic rings. The summed E-state index contributed by atoms with van der Waals surface area (Å²) in [6, 6.07) is 31.6. The van der Waals surface area contributed by atoms with Gasteiger partial charge in [-0.25, -0.2) is 8.78 Å². The molecule has 2 heterocycles. The second kappa shape index (κ2) is 8.53. The van der Waals surface area contributed by atoms with Crippen LogP contribution in [0.3, 0.4) is 0 Å². The van der Waals surface area contributed by atoms with Crippen molar-refractivity contribution in [2.45, 2.75) is 0 Å². The lowest BCUT2D eigenvalue weighted by atomic mass is 10.0. The Morgan fingerprint density at radius 3 is 1.90 bits per heavy atom. The van der Waals surface area contributed by atoms with E-state index in [0.29, 0.717) is 22.2 Å². The van der Waals surface area contributed by atoms with E-state index in [-0.39, 0.29) is 22.4 Å². The lowest BCUT2D eigenvalue weighted by Gasteiger charge is -2.13. The highest BCUT2D eigenvalue weighted by Gasteiger charge is 2.24. The summed E-state index contributed by atoms with van der Waals surface area (Å²) in [6.45, 7) is 0. The van der Waals surface area contributed by atoms with Crippen molar-refractivity contribution in [2.24, 2.45) is 0 Å². The molecule has 0 atom stereocenters. The average Bonchev–Trinajstić information content (AvgIpc) is 3.50. The molecule has 0 aliphatic heterocycles. The number of nitrogens with zero attached hydrogens (tertiary/aromatic N) is 5. The van der Waals surface area contributed by atoms with E-state index in [1.807, 2.05) is 71.3 Å². The van der Waals surface area contributed by atoms with Crippen LogP contribution in [0.15, 0.2) is 91.0 Å². The fourth-order valence-corrected chi connectivity index (χ4v) is 5.77. The molecule has 186 valence electrons. The maximum absolute atomic E-state index is 15.2. The molecule has 5 nitrogen and oxygen atoms in total. The van der Waals surface area contributed by atoms with Crippen LogP contribution in [-0.2, 0) is 0 Å². The number of halogens is 2. The normalized spacial score (nSPS) is 11.2. The van der Waals surface area contributed by atoms with Crippen LogP contribution in [0.4, 0.5) is 8.78 Å². The summed E-state index contributed by atoms with van der Waals surface area (Å²) in [6.07, 6.45) is 0. The number of nitriles is 3. The molecule has 0 saturated carbocycles. The van der Waals surface area contributed by atoms with E-state index in [1.165, 1.54) is 18.2 Å². The van der Waals surface area contributed by atoms with Crippen molar-refractivity contribution in [1.82, 2.24) is 9.13 Å². The topological polar surface area (TPSA) is 81.2 Å². The number of benzene rings is 5. The maximum atomic E-state index is 15.2. The van der Waals surface area contributed by atoms with E-state index >= 15 is 4.39 Å². The Morgan fingerprint density at radius 1 is 0.575 bits per heavy atom. The van der Waals surface area contributed by atoms with E-state index in [0.717, 1.165) is 39.2 Å². The lowest BCUT2D eigenvalue weighted by molar-refractivity contribution is 0.595. The van der Waals surface area contributed by atoms with E-state index < -0.39 is 11.6 Å². The Balaban J connectivity index is 1.77. The van der Waals surface area contributed by atoms with Crippen molar-refractivity contribution in [3.63, 3.8) is 0 Å². The Hall–Kier alpha value is -5.97. The van der Waals surface area contributed by atoms with Gasteiger partial charge in [-0.05, 0) is 42.5 Å². The molecular formula is C33H15F2N5. The summed E-state index contributed by atoms with van der Waals surface area (Å²) in [5.41, 5.74) is 3.77. The third-order valence-corrected chi connectivity index (χ3v) is 7.32. The summed E-state index contributed by atoms with van der Waals surface area (Å²) < 4.78 is 33.1. The highest BCUT2D eigenvalue weighted by molar-refractivity contribution is 6.26. The molecule has 0 amide bonds. The third kappa shape index (κ3) is 3.08. The van der Waals surface area contributed by atoms with Crippen LogP contribution in [0.25, 0.3) is 55.0 Å². The van der Waals surface area contributed by atoms with E-state index in [1.54, 1.807) is 4.57 Å². The summed E-state index contributed by atoms with van der Waals surface area (Å²) in [5.74, 6) is -1.14. The molecule has 0 N–H and O–H groups in total. The minimum atomic E-state index is -0.574. The first-order valence-electron chi connectivity index (χ1n) is 12.3. The second-order valence-electron chi connectivity index (χ2n) is 9.41. The highest BCUT2D eigenvalue weighted by atomic mass is 19.1. The van der Waals surface area contributed by atoms with Gasteiger partial charge in [-0.3, -0.25) is 0 Å². The molecule has 0 saturated heterocycles. The summed E-state index contributed by atoms with van der Waals surface area (Å²) in [5, 5.41) is 33.1. The monoisotopic (exact) mass is 519 g/mol. The first-order chi connectivity index (χ1) is 19.5. The van der Waals surface area contributed by atoms with Crippen LogP contribution in [0.5, 0.6) is 0 Å². The van der Waals surface area contributed by atoms with Gasteiger partial charge in [-0.1, -0.05) is 42.5 Å². The van der Waals surface area contributed by atoms with Crippen molar-refractivity contribution in [3.8, 4) is 29.6 Å². The molecular weight excluding hydrogens is 504 g/mol. The van der Waals surface area contributed by atoms with Crippen molar-refractivity contribution in [1.29, 1.82) is 15.8 Å². The van der Waals surface area contributed by atoms with Crippen molar-refractivity contribution in [3.05, 3.63) is 119 Å². The van der Waals surface area contributed by atoms with Gasteiger partial charge in [0.1, 0.15) is 23.8 Å². The van der Waals surface area contributed by atoms with Gasteiger partial charge < -0.3 is 9.13 Å². The predicted octanol–water partition coefficient (Wildman–Crippen LogP) is 7.77. The zero-order chi connectivity index (χ0) is 27.5. The SMILES string of the molecule is N#Cc1cc(C#N)c(-n2c3ccccc3c3ccc4c(c5ccccc5n4-c4cc(F)ccc4F)c32)c(C#N)c1. The number of fused-ring (bicyclic) bond motifs is 7. The van der Waals surface area contributed by atoms with Gasteiger partial charge in [0.05, 0.1) is 56.2 Å². The van der Waals surface area contributed by atoms with Gasteiger partial charge in [0, 0.05) is 27.6 Å². The average molecular weight is 520 g/mol. The number of aromatic nitrogens is 2. The summed E-state index contributed by atoms with van der Waals surface area (Å²) in [7, 11) is 0. The predicted molar refractivity (Wildman–Crippen MR) is 149 cm³/mol. The van der Waals surface area contributed by atoms with Crippen LogP contribution in [0.2, 0.25) is 0 Å². The van der Waals surface area contributed by atoms with Crippen molar-refractivity contribution >= 4 is 43.6 Å². The number of hydrogen-bond donors (Lipinski definition) is 0. The fourth-order valence-electron chi connectivity index (χ4n) is 5.77. The van der Waals surface area contributed by atoms with Gasteiger partial charge in [-0.15, -0.1) is 0 Å². The molecule has 0 spiro atoms. The zero-order valence-electron chi connectivity index (χ0n) is 20.7. The molecule has 7 heteroatoms. The molecule has 0 aliphatic rings. The van der Waals surface area contributed by atoms with Gasteiger partial charge in [0.2, 0.25) is 0 Å². The molecule has 0 aliphatic carbocycles. The van der Waals surface area contributed by atoms with Gasteiger partial charge in [-0.2, -0.15) is 15.8 Å². The Labute approximate surface area is 226 Å². The smallest absolute Gasteiger partial charge is 0.147 e. The lowest BCUT2D eigenvalue weighted by Crippen LogP contribution is -2.03. The molecule has 5 aromatic carbocycles. The molecule has 0 bridgehead atoms. The Kier molecular flexibility index (Phi) is 4.94. The van der Waals surface area contributed by atoms with Gasteiger partial charge in [0.15, 0.2) is 0 Å². The number of para-hydroxylation sites is 2. The Bertz CT molecular complexity index is 2300. The van der Waals surface area contributed by atoms with Gasteiger partial charge in [0.25, 0.3) is 0 Å². The van der Waals surface area contributed by atoms with Crippen molar-refractivity contribution in [2.75, 3.05) is 0 Å². The zero-order valence-corrected chi connectivity index (χ0v) is 20.7. The van der Waals surface area contributed by atoms with Crippen LogP contribution in [0, 0.1) is 45.6 Å². The maximum Gasteiger partial charge on any atom is 0.147 e. The molecule has 0 unspecified atom stereocenters. The Morgan fingerprint density at radius 2 is 1.23 bits per heavy atom. The summed E-state index contributed by atoms with van der Waals surface area (Å²) >= 11 is 0. The third-order valence-electron chi connectivity index (χ3n) is 7.32. The molecule has 0 radical (unpaired) electrons. The minimum Gasteiger partial charge on any atom is -0.306 e. The molecule has 40 heavy (non-hydrogen) atoms. The van der Waals surface area contributed by atoms with Crippen LogP contribution in [0.1, 0.15) is 16.7 Å². The first kappa shape index (κ1) is 23.2. The van der Waals surface area contributed by atoms with E-state index in [9.17, 15) is 20.2 Å². The first-order valence-corrected chi connectivity index (χ1v) is 12.3. The number of hydrogen-bond acceptors (Lipinski definition) is 3. The minimum absolute atomic E-state index is 0.0713. The van der Waals surface area contributed by atoms with E-state index in [4.69, 9.17) is 0 Å². The molecule has 0 fully saturated rings. The standard InChI is InChI=1S/C33H15F2N5/c34-22-9-11-26(35)30(15-22)39-28-8-4-2-6-25(28)31-29(39)12-10-24-23-5-1-3-7-27(23)40(33(24)31)32-20(17-37)13-19(16-36)14-21(32)18-38/h1-15H. The van der Waals surface area contributed by atoms with Crippen LogP contribution in [-0.4, -0.2) is 9.13 Å². The molecule has 7 rings (SSSR count). The van der Waals surface area contributed by atoms with Gasteiger partial charge >= 0.3 is 0 Å². The van der Waals surface area contributed by atoms with Crippen LogP contribution < -0.4 is 0 Å². The number of rotatable bonds is 2. The largest absolute Gasteiger partial charge is 0.306 e.